The summed E-state index contributed by atoms with van der Waals surface area (Å²) in [6.45, 7) is 5.08. The highest BCUT2D eigenvalue weighted by Crippen LogP contribution is 2.37. The lowest BCUT2D eigenvalue weighted by molar-refractivity contribution is -0.215. The average Bonchev–Trinajstić information content (AvgIpc) is 2.38. The molecule has 0 bridgehead atoms. The van der Waals surface area contributed by atoms with E-state index in [4.69, 9.17) is 10.5 Å². The summed E-state index contributed by atoms with van der Waals surface area (Å²) in [7, 11) is 0. The summed E-state index contributed by atoms with van der Waals surface area (Å²) >= 11 is 0. The van der Waals surface area contributed by atoms with Gasteiger partial charge in [0.1, 0.15) is 12.2 Å². The second kappa shape index (κ2) is 6.85. The standard InChI is InChI=1S/C14H27NO5/c1-4-5-9-8(6-14(2,3)13(15)19)11(17)12(18)10(7-16)20-9/h8-12,16-18H,4-7H2,1-3H3,(H2,15,19)/t8-,9+,10+,11+,12+/m0/s1. The highest BCUT2D eigenvalue weighted by atomic mass is 16.5. The molecule has 1 heterocycles. The lowest BCUT2D eigenvalue weighted by Crippen LogP contribution is -2.56. The van der Waals surface area contributed by atoms with Gasteiger partial charge >= 0.3 is 0 Å². The van der Waals surface area contributed by atoms with Crippen LogP contribution in [0, 0.1) is 11.3 Å². The first-order valence-corrected chi connectivity index (χ1v) is 7.17. The van der Waals surface area contributed by atoms with E-state index < -0.39 is 29.6 Å². The molecule has 1 amide bonds. The van der Waals surface area contributed by atoms with E-state index in [9.17, 15) is 20.1 Å². The summed E-state index contributed by atoms with van der Waals surface area (Å²) in [6.07, 6.45) is -1.39. The van der Waals surface area contributed by atoms with Crippen molar-refractivity contribution < 1.29 is 24.9 Å². The van der Waals surface area contributed by atoms with E-state index in [0.717, 1.165) is 6.42 Å². The summed E-state index contributed by atoms with van der Waals surface area (Å²) in [5, 5.41) is 29.5. The van der Waals surface area contributed by atoms with Crippen LogP contribution in [0.5, 0.6) is 0 Å². The second-order valence-corrected chi connectivity index (χ2v) is 6.28. The smallest absolute Gasteiger partial charge is 0.223 e. The summed E-state index contributed by atoms with van der Waals surface area (Å²) in [4.78, 5) is 11.5. The first-order chi connectivity index (χ1) is 9.24. The van der Waals surface area contributed by atoms with Gasteiger partial charge in [-0.2, -0.15) is 0 Å². The molecule has 1 aliphatic heterocycles. The van der Waals surface area contributed by atoms with Gasteiger partial charge in [0.15, 0.2) is 0 Å². The molecule has 0 saturated carbocycles. The van der Waals surface area contributed by atoms with Crippen molar-refractivity contribution >= 4 is 5.91 Å². The number of amides is 1. The Bertz CT molecular complexity index is 334. The van der Waals surface area contributed by atoms with E-state index in [0.29, 0.717) is 12.8 Å². The minimum atomic E-state index is -1.15. The van der Waals surface area contributed by atoms with Gasteiger partial charge in [0.05, 0.1) is 18.8 Å². The molecule has 0 aromatic rings. The molecule has 0 aliphatic carbocycles. The van der Waals surface area contributed by atoms with Crippen LogP contribution in [-0.2, 0) is 9.53 Å². The number of rotatable bonds is 6. The molecule has 0 spiro atoms. The number of hydrogen-bond acceptors (Lipinski definition) is 5. The molecular weight excluding hydrogens is 262 g/mol. The number of ether oxygens (including phenoxy) is 1. The zero-order valence-electron chi connectivity index (χ0n) is 12.5. The maximum absolute atomic E-state index is 11.5. The Hall–Kier alpha value is -0.690. The second-order valence-electron chi connectivity index (χ2n) is 6.28. The molecule has 1 rings (SSSR count). The summed E-state index contributed by atoms with van der Waals surface area (Å²) in [5.41, 5.74) is 4.59. The molecule has 0 aromatic carbocycles. The molecule has 0 radical (unpaired) electrons. The van der Waals surface area contributed by atoms with Crippen LogP contribution in [0.15, 0.2) is 0 Å². The predicted octanol–water partition coefficient (Wildman–Crippen LogP) is -0.214. The van der Waals surface area contributed by atoms with Crippen molar-refractivity contribution in [1.82, 2.24) is 0 Å². The van der Waals surface area contributed by atoms with Crippen molar-refractivity contribution in [2.45, 2.75) is 64.4 Å². The van der Waals surface area contributed by atoms with Gasteiger partial charge in [0.25, 0.3) is 0 Å². The van der Waals surface area contributed by atoms with Crippen LogP contribution in [-0.4, -0.2) is 52.2 Å². The van der Waals surface area contributed by atoms with Crippen molar-refractivity contribution in [3.63, 3.8) is 0 Å². The van der Waals surface area contributed by atoms with E-state index in [2.05, 4.69) is 0 Å². The Labute approximate surface area is 119 Å². The van der Waals surface area contributed by atoms with Gasteiger partial charge in [0, 0.05) is 11.3 Å². The quantitative estimate of drug-likeness (QED) is 0.540. The van der Waals surface area contributed by atoms with Crippen LogP contribution in [0.3, 0.4) is 0 Å². The lowest BCUT2D eigenvalue weighted by atomic mass is 9.74. The SMILES string of the molecule is CCC[C@H]1O[C@H](CO)[C@@H](O)[C@H](O)[C@H]1CC(C)(C)C(N)=O. The Morgan fingerprint density at radius 1 is 1.25 bits per heavy atom. The van der Waals surface area contributed by atoms with Crippen LogP contribution >= 0.6 is 0 Å². The topological polar surface area (TPSA) is 113 Å². The van der Waals surface area contributed by atoms with Crippen LogP contribution in [0.25, 0.3) is 0 Å². The average molecular weight is 289 g/mol. The van der Waals surface area contributed by atoms with E-state index in [1.807, 2.05) is 6.92 Å². The molecule has 1 saturated heterocycles. The van der Waals surface area contributed by atoms with Crippen molar-refractivity contribution in [3.8, 4) is 0 Å². The lowest BCUT2D eigenvalue weighted by Gasteiger charge is -2.44. The highest BCUT2D eigenvalue weighted by Gasteiger charge is 2.46. The fourth-order valence-corrected chi connectivity index (χ4v) is 2.76. The maximum Gasteiger partial charge on any atom is 0.223 e. The van der Waals surface area contributed by atoms with Crippen molar-refractivity contribution in [2.24, 2.45) is 17.1 Å². The fraction of sp³-hybridized carbons (Fsp3) is 0.929. The van der Waals surface area contributed by atoms with Gasteiger partial charge in [-0.3, -0.25) is 4.79 Å². The number of aliphatic hydroxyl groups is 3. The third-order valence-electron chi connectivity index (χ3n) is 4.16. The Balaban J connectivity index is 2.91. The molecule has 1 aliphatic rings. The fourth-order valence-electron chi connectivity index (χ4n) is 2.76. The maximum atomic E-state index is 11.5. The van der Waals surface area contributed by atoms with Crippen LogP contribution in [0.2, 0.25) is 0 Å². The zero-order valence-corrected chi connectivity index (χ0v) is 12.5. The number of primary amides is 1. The minimum Gasteiger partial charge on any atom is -0.394 e. The summed E-state index contributed by atoms with van der Waals surface area (Å²) in [6, 6.07) is 0. The molecule has 0 unspecified atom stereocenters. The molecule has 20 heavy (non-hydrogen) atoms. The first-order valence-electron chi connectivity index (χ1n) is 7.17. The van der Waals surface area contributed by atoms with Crippen LogP contribution in [0.1, 0.15) is 40.0 Å². The molecule has 1 fully saturated rings. The van der Waals surface area contributed by atoms with Gasteiger partial charge in [-0.25, -0.2) is 0 Å². The largest absolute Gasteiger partial charge is 0.394 e. The molecule has 0 aromatic heterocycles. The molecule has 118 valence electrons. The molecule has 6 heteroatoms. The van der Waals surface area contributed by atoms with Crippen molar-refractivity contribution in [2.75, 3.05) is 6.61 Å². The number of carbonyl (C=O) groups is 1. The molecule has 5 atom stereocenters. The van der Waals surface area contributed by atoms with Crippen molar-refractivity contribution in [1.29, 1.82) is 0 Å². The Morgan fingerprint density at radius 2 is 1.85 bits per heavy atom. The van der Waals surface area contributed by atoms with E-state index in [1.165, 1.54) is 0 Å². The zero-order chi connectivity index (χ0) is 15.5. The number of carbonyl (C=O) groups excluding carboxylic acids is 1. The monoisotopic (exact) mass is 289 g/mol. The number of aliphatic hydroxyl groups excluding tert-OH is 3. The molecule has 6 nitrogen and oxygen atoms in total. The van der Waals surface area contributed by atoms with Gasteiger partial charge in [-0.1, -0.05) is 27.2 Å². The summed E-state index contributed by atoms with van der Waals surface area (Å²) < 4.78 is 5.68. The van der Waals surface area contributed by atoms with Crippen molar-refractivity contribution in [3.05, 3.63) is 0 Å². The third-order valence-corrected chi connectivity index (χ3v) is 4.16. The molecule has 5 N–H and O–H groups in total. The van der Waals surface area contributed by atoms with E-state index >= 15 is 0 Å². The minimum absolute atomic E-state index is 0.297. The van der Waals surface area contributed by atoms with E-state index in [1.54, 1.807) is 13.8 Å². The normalized spacial score (nSPS) is 35.0. The van der Waals surface area contributed by atoms with Gasteiger partial charge in [-0.15, -0.1) is 0 Å². The Morgan fingerprint density at radius 3 is 2.30 bits per heavy atom. The third kappa shape index (κ3) is 3.69. The van der Waals surface area contributed by atoms with Gasteiger partial charge in [-0.05, 0) is 12.8 Å². The van der Waals surface area contributed by atoms with Gasteiger partial charge < -0.3 is 25.8 Å². The summed E-state index contributed by atoms with van der Waals surface area (Å²) in [5.74, 6) is -0.825. The number of nitrogens with two attached hydrogens (primary N) is 1. The Kier molecular flexibility index (Phi) is 5.94. The first kappa shape index (κ1) is 17.4. The van der Waals surface area contributed by atoms with Gasteiger partial charge in [0.2, 0.25) is 5.91 Å². The highest BCUT2D eigenvalue weighted by molar-refractivity contribution is 5.79. The van der Waals surface area contributed by atoms with E-state index in [-0.39, 0.29) is 18.6 Å². The predicted molar refractivity (Wildman–Crippen MR) is 73.8 cm³/mol. The number of hydrogen-bond donors (Lipinski definition) is 4. The van der Waals surface area contributed by atoms with Crippen LogP contribution < -0.4 is 5.73 Å². The van der Waals surface area contributed by atoms with Crippen LogP contribution in [0.4, 0.5) is 0 Å². The molecular formula is C14H27NO5.